The molecule has 4 heteroatoms. The van der Waals surface area contributed by atoms with Gasteiger partial charge in [0.2, 0.25) is 0 Å². The molecule has 1 heterocycles. The Morgan fingerprint density at radius 2 is 2.27 bits per heavy atom. The summed E-state index contributed by atoms with van der Waals surface area (Å²) in [5.41, 5.74) is 2.42. The molecule has 0 fully saturated rings. The standard InChI is InChI=1S/C7H3BrFNS/c8-4-1-7-6(2-5(4)9)10-3-11-7/h1-3H. The Bertz CT molecular complexity index is 362. The monoisotopic (exact) mass is 231 g/mol. The van der Waals surface area contributed by atoms with Crippen molar-refractivity contribution in [3.05, 3.63) is 27.9 Å². The smallest absolute Gasteiger partial charge is 0.139 e. The van der Waals surface area contributed by atoms with Gasteiger partial charge in [0.15, 0.2) is 0 Å². The predicted molar refractivity (Wildman–Crippen MR) is 47.3 cm³/mol. The molecule has 0 atom stereocenters. The molecule has 11 heavy (non-hydrogen) atoms. The van der Waals surface area contributed by atoms with E-state index in [0.717, 1.165) is 10.2 Å². The van der Waals surface area contributed by atoms with Gasteiger partial charge in [-0.2, -0.15) is 0 Å². The van der Waals surface area contributed by atoms with Crippen LogP contribution < -0.4 is 0 Å². The van der Waals surface area contributed by atoms with Crippen molar-refractivity contribution in [3.63, 3.8) is 0 Å². The van der Waals surface area contributed by atoms with Gasteiger partial charge in [-0.3, -0.25) is 0 Å². The van der Waals surface area contributed by atoms with E-state index in [4.69, 9.17) is 0 Å². The minimum absolute atomic E-state index is 0.261. The molecule has 0 radical (unpaired) electrons. The second-order valence-electron chi connectivity index (χ2n) is 2.09. The van der Waals surface area contributed by atoms with Gasteiger partial charge in [-0.1, -0.05) is 0 Å². The number of thiazole rings is 1. The van der Waals surface area contributed by atoms with Gasteiger partial charge >= 0.3 is 0 Å². The highest BCUT2D eigenvalue weighted by atomic mass is 79.9. The van der Waals surface area contributed by atoms with Crippen LogP contribution in [0.5, 0.6) is 0 Å². The Labute approximate surface area is 75.0 Å². The van der Waals surface area contributed by atoms with Crippen molar-refractivity contribution in [1.29, 1.82) is 0 Å². The molecule has 2 rings (SSSR count). The number of nitrogens with zero attached hydrogens (tertiary/aromatic N) is 1. The van der Waals surface area contributed by atoms with E-state index in [2.05, 4.69) is 20.9 Å². The van der Waals surface area contributed by atoms with Crippen LogP contribution >= 0.6 is 27.3 Å². The number of fused-ring (bicyclic) bond motifs is 1. The molecule has 1 nitrogen and oxygen atoms in total. The molecule has 0 aliphatic heterocycles. The van der Waals surface area contributed by atoms with E-state index in [9.17, 15) is 4.39 Å². The van der Waals surface area contributed by atoms with Crippen molar-refractivity contribution in [1.82, 2.24) is 4.98 Å². The first-order chi connectivity index (χ1) is 5.27. The SMILES string of the molecule is Fc1cc2ncsc2cc1Br. The highest BCUT2D eigenvalue weighted by Crippen LogP contribution is 2.24. The summed E-state index contributed by atoms with van der Waals surface area (Å²) in [6.45, 7) is 0. The fraction of sp³-hybridized carbons (Fsp3) is 0. The summed E-state index contributed by atoms with van der Waals surface area (Å²) in [5, 5.41) is 0. The maximum absolute atomic E-state index is 12.8. The van der Waals surface area contributed by atoms with Crippen LogP contribution in [0.3, 0.4) is 0 Å². The molecule has 1 aromatic heterocycles. The van der Waals surface area contributed by atoms with E-state index in [-0.39, 0.29) is 5.82 Å². The average molecular weight is 232 g/mol. The van der Waals surface area contributed by atoms with Crippen molar-refractivity contribution in [2.24, 2.45) is 0 Å². The molecular weight excluding hydrogens is 229 g/mol. The Morgan fingerprint density at radius 3 is 3.09 bits per heavy atom. The van der Waals surface area contributed by atoms with Gasteiger partial charge < -0.3 is 0 Å². The summed E-state index contributed by atoms with van der Waals surface area (Å²) in [6, 6.07) is 3.16. The lowest BCUT2D eigenvalue weighted by molar-refractivity contribution is 0.623. The first-order valence-corrected chi connectivity index (χ1v) is 4.63. The summed E-state index contributed by atoms with van der Waals surface area (Å²) in [5.74, 6) is -0.261. The quantitative estimate of drug-likeness (QED) is 0.679. The maximum Gasteiger partial charge on any atom is 0.139 e. The molecule has 2 aromatic rings. The first-order valence-electron chi connectivity index (χ1n) is 2.95. The molecule has 0 bridgehead atoms. The number of halogens is 2. The zero-order valence-electron chi connectivity index (χ0n) is 5.34. The van der Waals surface area contributed by atoms with Gasteiger partial charge in [0.1, 0.15) is 5.82 Å². The van der Waals surface area contributed by atoms with E-state index in [1.165, 1.54) is 17.4 Å². The topological polar surface area (TPSA) is 12.9 Å². The van der Waals surface area contributed by atoms with E-state index in [1.807, 2.05) is 0 Å². The van der Waals surface area contributed by atoms with Crippen LogP contribution in [-0.2, 0) is 0 Å². The molecule has 1 aromatic carbocycles. The van der Waals surface area contributed by atoms with Crippen molar-refractivity contribution in [2.75, 3.05) is 0 Å². The van der Waals surface area contributed by atoms with Gasteiger partial charge in [-0.25, -0.2) is 9.37 Å². The van der Waals surface area contributed by atoms with E-state index in [0.29, 0.717) is 4.47 Å². The molecule has 0 aliphatic rings. The minimum Gasteiger partial charge on any atom is -0.245 e. The predicted octanol–water partition coefficient (Wildman–Crippen LogP) is 3.20. The van der Waals surface area contributed by atoms with E-state index in [1.54, 1.807) is 11.6 Å². The summed E-state index contributed by atoms with van der Waals surface area (Å²) in [6.07, 6.45) is 0. The van der Waals surface area contributed by atoms with Crippen molar-refractivity contribution >= 4 is 37.5 Å². The second-order valence-corrected chi connectivity index (χ2v) is 3.83. The third kappa shape index (κ3) is 1.16. The van der Waals surface area contributed by atoms with Crippen LogP contribution in [0.2, 0.25) is 0 Å². The maximum atomic E-state index is 12.8. The Morgan fingerprint density at radius 1 is 1.45 bits per heavy atom. The zero-order chi connectivity index (χ0) is 7.84. The minimum atomic E-state index is -0.261. The second kappa shape index (κ2) is 2.53. The van der Waals surface area contributed by atoms with Gasteiger partial charge in [0, 0.05) is 6.07 Å². The summed E-state index contributed by atoms with van der Waals surface area (Å²) < 4.78 is 14.3. The normalized spacial score (nSPS) is 10.7. The highest BCUT2D eigenvalue weighted by molar-refractivity contribution is 9.10. The van der Waals surface area contributed by atoms with Crippen molar-refractivity contribution in [3.8, 4) is 0 Å². The molecule has 0 unspecified atom stereocenters. The van der Waals surface area contributed by atoms with Crippen molar-refractivity contribution < 1.29 is 4.39 Å². The largest absolute Gasteiger partial charge is 0.245 e. The first kappa shape index (κ1) is 7.18. The molecule has 0 N–H and O–H groups in total. The molecule has 0 amide bonds. The molecule has 56 valence electrons. The molecule has 0 saturated heterocycles. The number of aromatic nitrogens is 1. The van der Waals surface area contributed by atoms with Crippen molar-refractivity contribution in [2.45, 2.75) is 0 Å². The average Bonchev–Trinajstić information content (AvgIpc) is 2.36. The van der Waals surface area contributed by atoms with Gasteiger partial charge in [-0.05, 0) is 22.0 Å². The number of hydrogen-bond donors (Lipinski definition) is 0. The lowest BCUT2D eigenvalue weighted by Gasteiger charge is -1.91. The summed E-state index contributed by atoms with van der Waals surface area (Å²) >= 11 is 4.61. The Hall–Kier alpha value is -0.480. The number of benzene rings is 1. The van der Waals surface area contributed by atoms with E-state index >= 15 is 0 Å². The lowest BCUT2D eigenvalue weighted by atomic mass is 10.3. The molecular formula is C7H3BrFNS. The molecule has 0 saturated carbocycles. The highest BCUT2D eigenvalue weighted by Gasteiger charge is 2.02. The van der Waals surface area contributed by atoms with E-state index < -0.39 is 0 Å². The number of hydrogen-bond acceptors (Lipinski definition) is 2. The third-order valence-electron chi connectivity index (χ3n) is 1.37. The van der Waals surface area contributed by atoms with Gasteiger partial charge in [0.05, 0.1) is 20.2 Å². The van der Waals surface area contributed by atoms with Crippen LogP contribution in [0.15, 0.2) is 22.1 Å². The third-order valence-corrected chi connectivity index (χ3v) is 2.77. The molecule has 0 aliphatic carbocycles. The van der Waals surface area contributed by atoms with Crippen LogP contribution in [0.1, 0.15) is 0 Å². The Kier molecular flexibility index (Phi) is 1.65. The fourth-order valence-corrected chi connectivity index (χ4v) is 2.05. The van der Waals surface area contributed by atoms with Crippen LogP contribution in [0, 0.1) is 5.82 Å². The van der Waals surface area contributed by atoms with Crippen LogP contribution in [-0.4, -0.2) is 4.98 Å². The number of rotatable bonds is 0. The van der Waals surface area contributed by atoms with Crippen LogP contribution in [0.25, 0.3) is 10.2 Å². The Balaban J connectivity index is 2.86. The van der Waals surface area contributed by atoms with Gasteiger partial charge in [0.25, 0.3) is 0 Å². The van der Waals surface area contributed by atoms with Gasteiger partial charge in [-0.15, -0.1) is 11.3 Å². The zero-order valence-corrected chi connectivity index (χ0v) is 7.75. The molecule has 0 spiro atoms. The van der Waals surface area contributed by atoms with Crippen LogP contribution in [0.4, 0.5) is 4.39 Å². The summed E-state index contributed by atoms with van der Waals surface area (Å²) in [4.78, 5) is 3.98. The fourth-order valence-electron chi connectivity index (χ4n) is 0.853. The summed E-state index contributed by atoms with van der Waals surface area (Å²) in [7, 11) is 0. The lowest BCUT2D eigenvalue weighted by Crippen LogP contribution is -1.75.